The Morgan fingerprint density at radius 1 is 1.24 bits per heavy atom. The van der Waals surface area contributed by atoms with Crippen LogP contribution in [0.25, 0.3) is 11.3 Å². The van der Waals surface area contributed by atoms with Crippen LogP contribution >= 0.6 is 0 Å². The van der Waals surface area contributed by atoms with E-state index in [2.05, 4.69) is 15.2 Å². The van der Waals surface area contributed by atoms with Crippen LogP contribution < -0.4 is 10.6 Å². The van der Waals surface area contributed by atoms with Crippen LogP contribution in [0.3, 0.4) is 0 Å². The van der Waals surface area contributed by atoms with E-state index in [1.807, 2.05) is 0 Å². The molecule has 154 valence electrons. The van der Waals surface area contributed by atoms with E-state index in [0.717, 1.165) is 32.5 Å². The fourth-order valence-corrected chi connectivity index (χ4v) is 3.88. The number of rotatable bonds is 4. The van der Waals surface area contributed by atoms with Crippen molar-refractivity contribution in [3.63, 3.8) is 0 Å². The van der Waals surface area contributed by atoms with Gasteiger partial charge < -0.3 is 20.0 Å². The zero-order valence-corrected chi connectivity index (χ0v) is 15.3. The number of amides is 2. The number of aromatic nitrogens is 1. The number of hydrogen-bond acceptors (Lipinski definition) is 5. The summed E-state index contributed by atoms with van der Waals surface area (Å²) in [6.07, 6.45) is -1.58. The summed E-state index contributed by atoms with van der Waals surface area (Å²) < 4.78 is 42.7. The number of nitrogens with one attached hydrogen (secondary N) is 2. The molecule has 2 aliphatic rings. The number of nitrogens with zero attached hydrogens (tertiary/aromatic N) is 2. The molecule has 3 atom stereocenters. The molecule has 3 heterocycles. The Kier molecular flexibility index (Phi) is 5.03. The molecule has 4 rings (SSSR count). The first-order valence-electron chi connectivity index (χ1n) is 9.25. The van der Waals surface area contributed by atoms with E-state index in [9.17, 15) is 22.8 Å². The number of benzene rings is 1. The maximum atomic E-state index is 12.4. The summed E-state index contributed by atoms with van der Waals surface area (Å²) in [6.45, 7) is 2.94. The van der Waals surface area contributed by atoms with E-state index >= 15 is 0 Å². The van der Waals surface area contributed by atoms with E-state index in [1.54, 1.807) is 11.4 Å². The van der Waals surface area contributed by atoms with Crippen molar-refractivity contribution in [2.75, 3.05) is 25.0 Å². The van der Waals surface area contributed by atoms with Crippen molar-refractivity contribution in [3.05, 3.63) is 36.4 Å². The molecule has 10 heteroatoms. The number of fused-ring (bicyclic) bond motifs is 2. The van der Waals surface area contributed by atoms with Gasteiger partial charge in [0.1, 0.15) is 0 Å². The van der Waals surface area contributed by atoms with Crippen LogP contribution in [0.15, 0.2) is 34.9 Å². The SMILES string of the molecule is O=C(NC1CC2CCN(C2)C1)c1ncc(-c2cccc(NC(=O)C(F)(F)F)c2)o1. The minimum absolute atomic E-state index is 0.0417. The highest BCUT2D eigenvalue weighted by Gasteiger charge is 2.38. The molecule has 1 aromatic heterocycles. The topological polar surface area (TPSA) is 87.5 Å². The van der Waals surface area contributed by atoms with Crippen LogP contribution in [0.1, 0.15) is 23.5 Å². The van der Waals surface area contributed by atoms with Gasteiger partial charge in [-0.15, -0.1) is 0 Å². The predicted octanol–water partition coefficient (Wildman–Crippen LogP) is 2.67. The second-order valence-electron chi connectivity index (χ2n) is 7.38. The molecule has 0 aliphatic carbocycles. The maximum Gasteiger partial charge on any atom is 0.471 e. The molecular formula is C19H19F3N4O3. The highest BCUT2D eigenvalue weighted by molar-refractivity contribution is 5.95. The molecule has 2 N–H and O–H groups in total. The molecule has 0 spiro atoms. The smallest absolute Gasteiger partial charge is 0.432 e. The van der Waals surface area contributed by atoms with Gasteiger partial charge in [0.05, 0.1) is 6.20 Å². The molecule has 2 bridgehead atoms. The summed E-state index contributed by atoms with van der Waals surface area (Å²) in [4.78, 5) is 29.8. The van der Waals surface area contributed by atoms with Gasteiger partial charge in [-0.25, -0.2) is 4.98 Å². The third-order valence-electron chi connectivity index (χ3n) is 5.16. The molecule has 2 amide bonds. The first kappa shape index (κ1) is 19.4. The van der Waals surface area contributed by atoms with E-state index in [1.165, 1.54) is 24.4 Å². The highest BCUT2D eigenvalue weighted by Crippen LogP contribution is 2.28. The number of anilines is 1. The van der Waals surface area contributed by atoms with E-state index in [-0.39, 0.29) is 23.4 Å². The summed E-state index contributed by atoms with van der Waals surface area (Å²) in [5.41, 5.74) is 0.345. The fraction of sp³-hybridized carbons (Fsp3) is 0.421. The van der Waals surface area contributed by atoms with E-state index in [4.69, 9.17) is 4.42 Å². The van der Waals surface area contributed by atoms with Gasteiger partial charge in [-0.05, 0) is 37.4 Å². The molecule has 2 saturated heterocycles. The lowest BCUT2D eigenvalue weighted by molar-refractivity contribution is -0.167. The van der Waals surface area contributed by atoms with Crippen molar-refractivity contribution in [2.45, 2.75) is 25.1 Å². The first-order chi connectivity index (χ1) is 13.8. The van der Waals surface area contributed by atoms with Crippen LogP contribution in [0.4, 0.5) is 18.9 Å². The summed E-state index contributed by atoms with van der Waals surface area (Å²) in [6, 6.07) is 5.73. The Bertz CT molecular complexity index is 915. The van der Waals surface area contributed by atoms with Gasteiger partial charge in [0.25, 0.3) is 5.89 Å². The Labute approximate surface area is 164 Å². The molecule has 0 saturated carbocycles. The van der Waals surface area contributed by atoms with Crippen molar-refractivity contribution in [3.8, 4) is 11.3 Å². The zero-order valence-electron chi connectivity index (χ0n) is 15.3. The molecule has 3 unspecified atom stereocenters. The van der Waals surface area contributed by atoms with Crippen molar-refractivity contribution in [1.29, 1.82) is 0 Å². The number of carbonyl (C=O) groups excluding carboxylic acids is 2. The third-order valence-corrected chi connectivity index (χ3v) is 5.16. The number of oxazole rings is 1. The van der Waals surface area contributed by atoms with Crippen molar-refractivity contribution < 1.29 is 27.2 Å². The van der Waals surface area contributed by atoms with Gasteiger partial charge >= 0.3 is 18.0 Å². The highest BCUT2D eigenvalue weighted by atomic mass is 19.4. The van der Waals surface area contributed by atoms with Crippen molar-refractivity contribution in [2.24, 2.45) is 5.92 Å². The number of carbonyl (C=O) groups is 2. The monoisotopic (exact) mass is 408 g/mol. The number of halogens is 3. The van der Waals surface area contributed by atoms with Crippen LogP contribution in [0.2, 0.25) is 0 Å². The zero-order chi connectivity index (χ0) is 20.6. The quantitative estimate of drug-likeness (QED) is 0.812. The molecule has 2 aromatic rings. The minimum atomic E-state index is -4.98. The van der Waals surface area contributed by atoms with Crippen LogP contribution in [-0.2, 0) is 4.79 Å². The van der Waals surface area contributed by atoms with Gasteiger partial charge in [-0.3, -0.25) is 9.59 Å². The van der Waals surface area contributed by atoms with Gasteiger partial charge in [0, 0.05) is 30.4 Å². The second-order valence-corrected chi connectivity index (χ2v) is 7.38. The third kappa shape index (κ3) is 4.42. The lowest BCUT2D eigenvalue weighted by Crippen LogP contribution is -2.47. The van der Waals surface area contributed by atoms with Crippen LogP contribution in [0, 0.1) is 5.92 Å². The Hall–Kier alpha value is -2.88. The predicted molar refractivity (Wildman–Crippen MR) is 97.0 cm³/mol. The van der Waals surface area contributed by atoms with Crippen LogP contribution in [-0.4, -0.2) is 53.6 Å². The molecule has 7 nitrogen and oxygen atoms in total. The van der Waals surface area contributed by atoms with Gasteiger partial charge in [0.15, 0.2) is 5.76 Å². The van der Waals surface area contributed by atoms with Crippen molar-refractivity contribution in [1.82, 2.24) is 15.2 Å². The average molecular weight is 408 g/mol. The van der Waals surface area contributed by atoms with E-state index in [0.29, 0.717) is 11.5 Å². The molecule has 0 radical (unpaired) electrons. The molecule has 1 aromatic carbocycles. The largest absolute Gasteiger partial charge is 0.471 e. The number of hydrogen-bond donors (Lipinski definition) is 2. The Morgan fingerprint density at radius 2 is 2.07 bits per heavy atom. The Morgan fingerprint density at radius 3 is 2.83 bits per heavy atom. The fourth-order valence-electron chi connectivity index (χ4n) is 3.88. The standard InChI is InChI=1S/C19H19F3N4O3/c20-19(21,22)18(28)25-13-3-1-2-12(7-13)15-8-23-17(29-15)16(27)24-14-6-11-4-5-26(9-11)10-14/h1-3,7-8,11,14H,4-6,9-10H2,(H,24,27)(H,25,28). The van der Waals surface area contributed by atoms with E-state index < -0.39 is 18.0 Å². The van der Waals surface area contributed by atoms with Crippen molar-refractivity contribution >= 4 is 17.5 Å². The molecule has 2 fully saturated rings. The van der Waals surface area contributed by atoms with Gasteiger partial charge in [-0.2, -0.15) is 13.2 Å². The second kappa shape index (κ2) is 7.51. The molecule has 29 heavy (non-hydrogen) atoms. The first-order valence-corrected chi connectivity index (χ1v) is 9.25. The van der Waals surface area contributed by atoms with Crippen LogP contribution in [0.5, 0.6) is 0 Å². The summed E-state index contributed by atoms with van der Waals surface area (Å²) in [7, 11) is 0. The van der Waals surface area contributed by atoms with Gasteiger partial charge in [-0.1, -0.05) is 12.1 Å². The summed E-state index contributed by atoms with van der Waals surface area (Å²) >= 11 is 0. The average Bonchev–Trinajstić information content (AvgIpc) is 3.28. The number of alkyl halides is 3. The maximum absolute atomic E-state index is 12.4. The summed E-state index contributed by atoms with van der Waals surface area (Å²) in [5.74, 6) is -1.79. The lowest BCUT2D eigenvalue weighted by Gasteiger charge is -2.30. The molecule has 2 aliphatic heterocycles. The molecular weight excluding hydrogens is 389 g/mol. The minimum Gasteiger partial charge on any atom is -0.432 e. The number of piperidine rings is 1. The Balaban J connectivity index is 1.43. The lowest BCUT2D eigenvalue weighted by atomic mass is 9.97. The van der Waals surface area contributed by atoms with Gasteiger partial charge in [0.2, 0.25) is 0 Å². The summed E-state index contributed by atoms with van der Waals surface area (Å²) in [5, 5.41) is 4.72. The normalized spacial score (nSPS) is 23.6.